The maximum atomic E-state index is 9.98. The third-order valence-electron chi connectivity index (χ3n) is 3.52. The van der Waals surface area contributed by atoms with Gasteiger partial charge in [0.15, 0.2) is 11.5 Å². The molecule has 0 aromatic heterocycles. The molecule has 21 heavy (non-hydrogen) atoms. The average molecular weight is 447 g/mol. The second-order valence-corrected chi connectivity index (χ2v) is 6.21. The number of halogens is 3. The highest BCUT2D eigenvalue weighted by Crippen LogP contribution is 2.44. The fourth-order valence-corrected chi connectivity index (χ4v) is 3.40. The van der Waals surface area contributed by atoms with E-state index in [-0.39, 0.29) is 30.8 Å². The van der Waals surface area contributed by atoms with E-state index in [1.54, 1.807) is 6.07 Å². The van der Waals surface area contributed by atoms with Gasteiger partial charge in [-0.25, -0.2) is 0 Å². The number of hydrogen-bond donors (Lipinski definition) is 3. The van der Waals surface area contributed by atoms with Crippen LogP contribution in [0.4, 0.5) is 0 Å². The van der Waals surface area contributed by atoms with Crippen LogP contribution in [0.25, 0.3) is 0 Å². The van der Waals surface area contributed by atoms with Crippen molar-refractivity contribution in [1.82, 2.24) is 10.2 Å². The topological polar surface area (TPSA) is 65.0 Å². The highest BCUT2D eigenvalue weighted by molar-refractivity contribution is 9.13. The van der Waals surface area contributed by atoms with Crippen LogP contribution in [0.5, 0.6) is 11.5 Å². The second-order valence-electron chi connectivity index (χ2n) is 4.63. The number of aliphatic hydroxyl groups excluding tert-OH is 1. The molecule has 0 saturated carbocycles. The van der Waals surface area contributed by atoms with E-state index in [2.05, 4.69) is 42.1 Å². The Hall–Kier alpha value is -0.0500. The Labute approximate surface area is 147 Å². The maximum Gasteiger partial charge on any atom is 0.173 e. The van der Waals surface area contributed by atoms with Gasteiger partial charge in [0.1, 0.15) is 0 Å². The normalized spacial score (nSPS) is 17.1. The molecule has 0 amide bonds. The van der Waals surface area contributed by atoms with Crippen molar-refractivity contribution < 1.29 is 14.9 Å². The van der Waals surface area contributed by atoms with Crippen LogP contribution in [0.15, 0.2) is 15.0 Å². The molecule has 2 rings (SSSR count). The number of methoxy groups -OCH3 is 1. The average Bonchev–Trinajstić information content (AvgIpc) is 2.49. The lowest BCUT2D eigenvalue weighted by molar-refractivity contribution is 0.110. The van der Waals surface area contributed by atoms with Gasteiger partial charge >= 0.3 is 0 Å². The fraction of sp³-hybridized carbons (Fsp3) is 0.538. The summed E-state index contributed by atoms with van der Waals surface area (Å²) in [5.41, 5.74) is 0.899. The van der Waals surface area contributed by atoms with Crippen LogP contribution < -0.4 is 10.1 Å². The van der Waals surface area contributed by atoms with Crippen molar-refractivity contribution in [2.45, 2.75) is 6.04 Å². The summed E-state index contributed by atoms with van der Waals surface area (Å²) in [6.07, 6.45) is 0. The number of benzene rings is 1. The van der Waals surface area contributed by atoms with Crippen molar-refractivity contribution in [3.8, 4) is 11.5 Å². The second kappa shape index (κ2) is 8.55. The summed E-state index contributed by atoms with van der Waals surface area (Å²) in [6.45, 7) is 3.57. The number of nitrogens with one attached hydrogen (secondary N) is 1. The summed E-state index contributed by atoms with van der Waals surface area (Å²) in [6, 6.07) is 1.64. The monoisotopic (exact) mass is 444 g/mol. The molecule has 1 heterocycles. The Morgan fingerprint density at radius 2 is 1.95 bits per heavy atom. The van der Waals surface area contributed by atoms with Crippen molar-refractivity contribution in [3.63, 3.8) is 0 Å². The molecule has 1 fully saturated rings. The van der Waals surface area contributed by atoms with E-state index in [1.165, 1.54) is 7.11 Å². The molecule has 1 aliphatic heterocycles. The number of aromatic hydroxyl groups is 1. The summed E-state index contributed by atoms with van der Waals surface area (Å²) in [5, 5.41) is 23.1. The number of phenols is 1. The Kier molecular flexibility index (Phi) is 7.73. The Bertz CT molecular complexity index is 485. The highest BCUT2D eigenvalue weighted by atomic mass is 79.9. The number of aliphatic hydroxyl groups is 1. The predicted octanol–water partition coefficient (Wildman–Crippen LogP) is 2.29. The molecule has 1 aromatic carbocycles. The van der Waals surface area contributed by atoms with Crippen molar-refractivity contribution in [3.05, 3.63) is 20.6 Å². The summed E-state index contributed by atoms with van der Waals surface area (Å²) in [7, 11) is 1.51. The SMILES string of the molecule is COc1cc([C@H](CO)N2CCNCC2)c(Br)c(Br)c1O.Cl. The van der Waals surface area contributed by atoms with Crippen LogP contribution in [-0.2, 0) is 0 Å². The third kappa shape index (κ3) is 4.03. The van der Waals surface area contributed by atoms with E-state index in [9.17, 15) is 10.2 Å². The van der Waals surface area contributed by atoms with Crippen LogP contribution in [0.3, 0.4) is 0 Å². The molecule has 8 heteroatoms. The first kappa shape index (κ1) is 19.0. The zero-order valence-electron chi connectivity index (χ0n) is 11.6. The maximum absolute atomic E-state index is 9.98. The molecule has 0 aliphatic carbocycles. The van der Waals surface area contributed by atoms with Crippen molar-refractivity contribution in [1.29, 1.82) is 0 Å². The van der Waals surface area contributed by atoms with Crippen molar-refractivity contribution in [2.24, 2.45) is 0 Å². The highest BCUT2D eigenvalue weighted by Gasteiger charge is 2.26. The van der Waals surface area contributed by atoms with Crippen molar-refractivity contribution in [2.75, 3.05) is 39.9 Å². The molecule has 0 spiro atoms. The molecule has 1 saturated heterocycles. The van der Waals surface area contributed by atoms with E-state index in [0.29, 0.717) is 10.2 Å². The number of ether oxygens (including phenoxy) is 1. The Balaban J connectivity index is 0.00000220. The van der Waals surface area contributed by atoms with Gasteiger partial charge in [0.05, 0.1) is 24.2 Å². The Morgan fingerprint density at radius 3 is 2.48 bits per heavy atom. The zero-order chi connectivity index (χ0) is 14.7. The van der Waals surface area contributed by atoms with Gasteiger partial charge in [0.25, 0.3) is 0 Å². The summed E-state index contributed by atoms with van der Waals surface area (Å²) >= 11 is 6.84. The fourth-order valence-electron chi connectivity index (χ4n) is 2.41. The van der Waals surface area contributed by atoms with Gasteiger partial charge in [-0.2, -0.15) is 0 Å². The van der Waals surface area contributed by atoms with Crippen LogP contribution in [0, 0.1) is 0 Å². The molecule has 3 N–H and O–H groups in total. The van der Waals surface area contributed by atoms with Gasteiger partial charge in [-0.05, 0) is 43.5 Å². The first-order valence-electron chi connectivity index (χ1n) is 6.40. The van der Waals surface area contributed by atoms with Gasteiger partial charge < -0.3 is 20.3 Å². The van der Waals surface area contributed by atoms with Crippen molar-refractivity contribution >= 4 is 44.3 Å². The van der Waals surface area contributed by atoms with E-state index in [4.69, 9.17) is 4.74 Å². The summed E-state index contributed by atoms with van der Waals surface area (Å²) in [5.74, 6) is 0.448. The minimum atomic E-state index is -0.128. The molecule has 1 aliphatic rings. The minimum Gasteiger partial charge on any atom is -0.503 e. The van der Waals surface area contributed by atoms with Crippen LogP contribution in [-0.4, -0.2) is 55.0 Å². The van der Waals surface area contributed by atoms with E-state index in [1.807, 2.05) is 0 Å². The molecule has 5 nitrogen and oxygen atoms in total. The van der Waals surface area contributed by atoms with E-state index < -0.39 is 0 Å². The largest absolute Gasteiger partial charge is 0.503 e. The Morgan fingerprint density at radius 1 is 1.33 bits per heavy atom. The van der Waals surface area contributed by atoms with E-state index >= 15 is 0 Å². The third-order valence-corrected chi connectivity index (χ3v) is 5.68. The first-order chi connectivity index (χ1) is 9.60. The molecule has 0 bridgehead atoms. The molecule has 1 atom stereocenters. The van der Waals surface area contributed by atoms with Gasteiger partial charge in [-0.1, -0.05) is 0 Å². The quantitative estimate of drug-likeness (QED) is 0.663. The molecule has 120 valence electrons. The number of rotatable bonds is 4. The van der Waals surface area contributed by atoms with Gasteiger partial charge in [0.2, 0.25) is 0 Å². The molecular formula is C13H19Br2ClN2O3. The zero-order valence-corrected chi connectivity index (χ0v) is 15.6. The van der Waals surface area contributed by atoms with Gasteiger partial charge in [0, 0.05) is 30.7 Å². The predicted molar refractivity (Wildman–Crippen MR) is 91.6 cm³/mol. The molecular weight excluding hydrogens is 427 g/mol. The smallest absolute Gasteiger partial charge is 0.173 e. The lowest BCUT2D eigenvalue weighted by Gasteiger charge is -2.35. The van der Waals surface area contributed by atoms with Crippen LogP contribution >= 0.6 is 44.3 Å². The minimum absolute atomic E-state index is 0. The number of phenolic OH excluding ortho intramolecular Hbond substituents is 1. The van der Waals surface area contributed by atoms with Crippen LogP contribution in [0.1, 0.15) is 11.6 Å². The lowest BCUT2D eigenvalue weighted by Crippen LogP contribution is -2.46. The molecule has 1 aromatic rings. The standard InChI is InChI=1S/C13H18Br2N2O3.ClH/c1-20-10-6-8(11(14)12(15)13(10)19)9(7-18)17-4-2-16-3-5-17;/h6,9,16,18-19H,2-5,7H2,1H3;1H/t9-;/m0./s1. The molecule has 0 radical (unpaired) electrons. The van der Waals surface area contributed by atoms with Gasteiger partial charge in [-0.15, -0.1) is 12.4 Å². The summed E-state index contributed by atoms with van der Waals surface area (Å²) in [4.78, 5) is 2.22. The first-order valence-corrected chi connectivity index (χ1v) is 7.99. The van der Waals surface area contributed by atoms with Crippen LogP contribution in [0.2, 0.25) is 0 Å². The number of nitrogens with zero attached hydrogens (tertiary/aromatic N) is 1. The van der Waals surface area contributed by atoms with Gasteiger partial charge in [-0.3, -0.25) is 4.90 Å². The molecule has 0 unspecified atom stereocenters. The number of piperazine rings is 1. The number of hydrogen-bond acceptors (Lipinski definition) is 5. The summed E-state index contributed by atoms with van der Waals surface area (Å²) < 4.78 is 6.48. The van der Waals surface area contributed by atoms with E-state index in [0.717, 1.165) is 36.2 Å². The lowest BCUT2D eigenvalue weighted by atomic mass is 10.0.